The average Bonchev–Trinajstić information content (AvgIpc) is 2.45. The predicted molar refractivity (Wildman–Crippen MR) is 80.1 cm³/mol. The lowest BCUT2D eigenvalue weighted by Crippen LogP contribution is -2.45. The number of rotatable bonds is 5. The third-order valence-electron chi connectivity index (χ3n) is 3.53. The van der Waals surface area contributed by atoms with Crippen LogP contribution >= 0.6 is 11.6 Å². The van der Waals surface area contributed by atoms with Crippen LogP contribution in [0, 0.1) is 10.1 Å². The highest BCUT2D eigenvalue weighted by Crippen LogP contribution is 2.34. The molecule has 0 spiro atoms. The molecule has 1 aliphatic heterocycles. The molecule has 1 aliphatic rings. The number of nitro benzene ring substituents is 1. The number of piperazine rings is 1. The minimum Gasteiger partial charge on any atom is -0.314 e. The van der Waals surface area contributed by atoms with Crippen LogP contribution in [0.5, 0.6) is 0 Å². The summed E-state index contributed by atoms with van der Waals surface area (Å²) in [6.45, 7) is 7.28. The Labute approximate surface area is 123 Å². The van der Waals surface area contributed by atoms with E-state index >= 15 is 0 Å². The third-order valence-corrected chi connectivity index (χ3v) is 3.76. The van der Waals surface area contributed by atoms with Gasteiger partial charge in [-0.25, -0.2) is 0 Å². The molecule has 1 aromatic carbocycles. The van der Waals surface area contributed by atoms with E-state index in [1.54, 1.807) is 18.2 Å². The zero-order chi connectivity index (χ0) is 14.5. The molecule has 1 atom stereocenters. The van der Waals surface area contributed by atoms with Gasteiger partial charge in [0.2, 0.25) is 0 Å². The average molecular weight is 296 g/mol. The standard InChI is InChI=1S/C14H18ClN3O2/c1-2-3-13(17-8-6-16-7-9-17)12-10-11(15)4-5-14(12)18(19)20/h2,4-5,10,13,16H,1,3,6-9H2/t13-/m0/s1. The van der Waals surface area contributed by atoms with E-state index in [2.05, 4.69) is 16.8 Å². The normalized spacial score (nSPS) is 17.6. The van der Waals surface area contributed by atoms with E-state index < -0.39 is 0 Å². The fourth-order valence-electron chi connectivity index (χ4n) is 2.58. The van der Waals surface area contributed by atoms with Gasteiger partial charge in [0.1, 0.15) is 0 Å². The first-order chi connectivity index (χ1) is 9.63. The highest BCUT2D eigenvalue weighted by Gasteiger charge is 2.27. The van der Waals surface area contributed by atoms with Gasteiger partial charge < -0.3 is 5.32 Å². The van der Waals surface area contributed by atoms with Gasteiger partial charge in [-0.2, -0.15) is 0 Å². The predicted octanol–water partition coefficient (Wildman–Crippen LogP) is 2.77. The van der Waals surface area contributed by atoms with Crippen LogP contribution in [0.15, 0.2) is 30.9 Å². The van der Waals surface area contributed by atoms with E-state index in [1.807, 2.05) is 0 Å². The molecule has 2 rings (SSSR count). The monoisotopic (exact) mass is 295 g/mol. The molecule has 1 saturated heterocycles. The third kappa shape index (κ3) is 3.36. The van der Waals surface area contributed by atoms with Gasteiger partial charge >= 0.3 is 0 Å². The lowest BCUT2D eigenvalue weighted by molar-refractivity contribution is -0.386. The molecule has 1 fully saturated rings. The van der Waals surface area contributed by atoms with Gasteiger partial charge in [0.05, 0.1) is 4.92 Å². The van der Waals surface area contributed by atoms with Crippen molar-refractivity contribution in [2.75, 3.05) is 26.2 Å². The number of benzene rings is 1. The zero-order valence-electron chi connectivity index (χ0n) is 11.2. The maximum Gasteiger partial charge on any atom is 0.274 e. The maximum atomic E-state index is 11.2. The molecule has 0 aliphatic carbocycles. The number of nitrogens with one attached hydrogen (secondary N) is 1. The summed E-state index contributed by atoms with van der Waals surface area (Å²) < 4.78 is 0. The fourth-order valence-corrected chi connectivity index (χ4v) is 2.76. The Morgan fingerprint density at radius 3 is 2.80 bits per heavy atom. The second kappa shape index (κ2) is 6.83. The fraction of sp³-hybridized carbons (Fsp3) is 0.429. The van der Waals surface area contributed by atoms with E-state index in [4.69, 9.17) is 11.6 Å². The molecule has 0 unspecified atom stereocenters. The molecule has 0 bridgehead atoms. The minimum atomic E-state index is -0.343. The molecule has 0 saturated carbocycles. The van der Waals surface area contributed by atoms with Crippen molar-refractivity contribution in [1.29, 1.82) is 0 Å². The Morgan fingerprint density at radius 2 is 2.20 bits per heavy atom. The largest absolute Gasteiger partial charge is 0.314 e. The molecular weight excluding hydrogens is 278 g/mol. The molecule has 5 nitrogen and oxygen atoms in total. The topological polar surface area (TPSA) is 58.4 Å². The first-order valence-corrected chi connectivity index (χ1v) is 7.00. The van der Waals surface area contributed by atoms with Crippen LogP contribution in [0.25, 0.3) is 0 Å². The van der Waals surface area contributed by atoms with Crippen LogP contribution in [-0.2, 0) is 0 Å². The van der Waals surface area contributed by atoms with Crippen molar-refractivity contribution in [2.45, 2.75) is 12.5 Å². The van der Waals surface area contributed by atoms with Crippen LogP contribution in [0.1, 0.15) is 18.0 Å². The lowest BCUT2D eigenvalue weighted by atomic mass is 9.99. The molecule has 0 radical (unpaired) electrons. The Morgan fingerprint density at radius 1 is 1.50 bits per heavy atom. The van der Waals surface area contributed by atoms with Gasteiger partial charge in [-0.15, -0.1) is 6.58 Å². The Kier molecular flexibility index (Phi) is 5.11. The van der Waals surface area contributed by atoms with Gasteiger partial charge in [0.25, 0.3) is 5.69 Å². The van der Waals surface area contributed by atoms with Gasteiger partial charge in [-0.1, -0.05) is 17.7 Å². The summed E-state index contributed by atoms with van der Waals surface area (Å²) in [6, 6.07) is 4.70. The van der Waals surface area contributed by atoms with Crippen LogP contribution in [0.2, 0.25) is 5.02 Å². The number of halogens is 1. The van der Waals surface area contributed by atoms with Gasteiger partial charge in [0.15, 0.2) is 0 Å². The van der Waals surface area contributed by atoms with E-state index in [0.717, 1.165) is 26.2 Å². The maximum absolute atomic E-state index is 11.2. The van der Waals surface area contributed by atoms with Crippen molar-refractivity contribution in [3.05, 3.63) is 51.6 Å². The summed E-state index contributed by atoms with van der Waals surface area (Å²) in [6.07, 6.45) is 2.47. The zero-order valence-corrected chi connectivity index (χ0v) is 12.0. The summed E-state index contributed by atoms with van der Waals surface area (Å²) in [5.41, 5.74) is 0.795. The number of hydrogen-bond donors (Lipinski definition) is 1. The van der Waals surface area contributed by atoms with Crippen LogP contribution in [0.4, 0.5) is 5.69 Å². The van der Waals surface area contributed by atoms with E-state index in [9.17, 15) is 10.1 Å². The minimum absolute atomic E-state index is 0.0475. The molecule has 0 aromatic heterocycles. The molecule has 1 N–H and O–H groups in total. The molecule has 1 aromatic rings. The van der Waals surface area contributed by atoms with E-state index in [0.29, 0.717) is 17.0 Å². The first-order valence-electron chi connectivity index (χ1n) is 6.63. The van der Waals surface area contributed by atoms with Crippen molar-refractivity contribution in [3.63, 3.8) is 0 Å². The Balaban J connectivity index is 2.39. The van der Waals surface area contributed by atoms with Crippen LogP contribution in [-0.4, -0.2) is 36.0 Å². The summed E-state index contributed by atoms with van der Waals surface area (Å²) in [7, 11) is 0. The molecule has 1 heterocycles. The lowest BCUT2D eigenvalue weighted by Gasteiger charge is -2.34. The SMILES string of the molecule is C=CC[C@@H](c1cc(Cl)ccc1[N+](=O)[O-])N1CCNCC1. The highest BCUT2D eigenvalue weighted by molar-refractivity contribution is 6.30. The van der Waals surface area contributed by atoms with Gasteiger partial charge in [-0.05, 0) is 18.6 Å². The number of hydrogen-bond acceptors (Lipinski definition) is 4. The number of nitrogens with zero attached hydrogens (tertiary/aromatic N) is 2. The van der Waals surface area contributed by atoms with Crippen LogP contribution in [0.3, 0.4) is 0 Å². The summed E-state index contributed by atoms with van der Waals surface area (Å²) in [4.78, 5) is 13.1. The van der Waals surface area contributed by atoms with Crippen molar-refractivity contribution < 1.29 is 4.92 Å². The first kappa shape index (κ1) is 15.0. The summed E-state index contributed by atoms with van der Waals surface area (Å²) >= 11 is 6.03. The molecular formula is C14H18ClN3O2. The van der Waals surface area contributed by atoms with E-state index in [1.165, 1.54) is 6.07 Å². The van der Waals surface area contributed by atoms with Crippen molar-refractivity contribution >= 4 is 17.3 Å². The Hall–Kier alpha value is -1.43. The second-order valence-electron chi connectivity index (χ2n) is 4.79. The van der Waals surface area contributed by atoms with E-state index in [-0.39, 0.29) is 16.7 Å². The quantitative estimate of drug-likeness (QED) is 0.515. The van der Waals surface area contributed by atoms with Crippen molar-refractivity contribution in [3.8, 4) is 0 Å². The van der Waals surface area contributed by atoms with Crippen molar-refractivity contribution in [1.82, 2.24) is 10.2 Å². The van der Waals surface area contributed by atoms with Crippen molar-refractivity contribution in [2.24, 2.45) is 0 Å². The summed E-state index contributed by atoms with van der Waals surface area (Å²) in [5.74, 6) is 0. The van der Waals surface area contributed by atoms with Gasteiger partial charge in [0, 0.05) is 48.9 Å². The molecule has 108 valence electrons. The Bertz CT molecular complexity index is 501. The highest BCUT2D eigenvalue weighted by atomic mass is 35.5. The number of nitro groups is 1. The van der Waals surface area contributed by atoms with Crippen LogP contribution < -0.4 is 5.32 Å². The van der Waals surface area contributed by atoms with Gasteiger partial charge in [-0.3, -0.25) is 15.0 Å². The summed E-state index contributed by atoms with van der Waals surface area (Å²) in [5, 5.41) is 15.0. The molecule has 20 heavy (non-hydrogen) atoms. The molecule has 0 amide bonds. The smallest absolute Gasteiger partial charge is 0.274 e. The molecule has 6 heteroatoms. The second-order valence-corrected chi connectivity index (χ2v) is 5.22.